The molecule has 146 valence electrons. The van der Waals surface area contributed by atoms with E-state index in [1.54, 1.807) is 5.01 Å². The molecule has 0 radical (unpaired) electrons. The van der Waals surface area contributed by atoms with Gasteiger partial charge in [0.2, 0.25) is 0 Å². The van der Waals surface area contributed by atoms with E-state index in [1.165, 1.54) is 29.5 Å². The Hall–Kier alpha value is -2.17. The zero-order valence-electron chi connectivity index (χ0n) is 16.5. The third kappa shape index (κ3) is 3.85. The average molecular weight is 396 g/mol. The zero-order valence-corrected chi connectivity index (χ0v) is 17.2. The number of carbonyl (C=O) groups is 1. The fraction of sp³-hybridized carbons (Fsp3) is 0.391. The lowest BCUT2D eigenvalue weighted by atomic mass is 9.94. The maximum atomic E-state index is 13.2. The van der Waals surface area contributed by atoms with Gasteiger partial charge in [-0.1, -0.05) is 53.6 Å². The highest BCUT2D eigenvalue weighted by molar-refractivity contribution is 6.34. The monoisotopic (exact) mass is 395 g/mol. The SMILES string of the molecule is Cc1ccc(C)c([C@H]2CC(c3ccccc3Cl)=NN2C(=O)CN2CCCC2)c1. The maximum Gasteiger partial charge on any atom is 0.257 e. The molecule has 0 saturated carbocycles. The lowest BCUT2D eigenvalue weighted by Crippen LogP contribution is -2.37. The Morgan fingerprint density at radius 2 is 1.89 bits per heavy atom. The molecule has 4 rings (SSSR count). The topological polar surface area (TPSA) is 35.9 Å². The van der Waals surface area contributed by atoms with E-state index in [-0.39, 0.29) is 11.9 Å². The minimum absolute atomic E-state index is 0.0647. The Balaban J connectivity index is 1.68. The van der Waals surface area contributed by atoms with Gasteiger partial charge in [-0.05, 0) is 57.0 Å². The third-order valence-electron chi connectivity index (χ3n) is 5.70. The summed E-state index contributed by atoms with van der Waals surface area (Å²) in [7, 11) is 0. The standard InChI is InChI=1S/C23H26ClN3O/c1-16-9-10-17(2)19(13-16)22-14-21(18-7-3-4-8-20(18)24)25-27(22)23(28)15-26-11-5-6-12-26/h3-4,7-10,13,22H,5-6,11-12,14-15H2,1-2H3/t22-/m1/s1. The van der Waals surface area contributed by atoms with E-state index in [9.17, 15) is 4.79 Å². The van der Waals surface area contributed by atoms with E-state index in [2.05, 4.69) is 36.9 Å². The Morgan fingerprint density at radius 3 is 2.64 bits per heavy atom. The van der Waals surface area contributed by atoms with Crippen molar-refractivity contribution < 1.29 is 4.79 Å². The predicted octanol–water partition coefficient (Wildman–Crippen LogP) is 4.73. The van der Waals surface area contributed by atoms with Crippen LogP contribution in [0.2, 0.25) is 5.02 Å². The van der Waals surface area contributed by atoms with Crippen LogP contribution in [-0.4, -0.2) is 41.2 Å². The number of carbonyl (C=O) groups excluding carboxylic acids is 1. The van der Waals surface area contributed by atoms with Crippen LogP contribution in [0.25, 0.3) is 0 Å². The molecule has 2 heterocycles. The largest absolute Gasteiger partial charge is 0.294 e. The van der Waals surface area contributed by atoms with Crippen LogP contribution in [0.1, 0.15) is 47.6 Å². The molecule has 5 heteroatoms. The molecule has 2 aromatic carbocycles. The number of benzene rings is 2. The average Bonchev–Trinajstić information content (AvgIpc) is 3.34. The van der Waals surface area contributed by atoms with Crippen molar-refractivity contribution in [3.8, 4) is 0 Å². The summed E-state index contributed by atoms with van der Waals surface area (Å²) < 4.78 is 0. The minimum atomic E-state index is -0.0822. The zero-order chi connectivity index (χ0) is 19.7. The summed E-state index contributed by atoms with van der Waals surface area (Å²) in [5.41, 5.74) is 5.34. The highest BCUT2D eigenvalue weighted by Gasteiger charge is 2.35. The first-order valence-corrected chi connectivity index (χ1v) is 10.3. The summed E-state index contributed by atoms with van der Waals surface area (Å²) in [6, 6.07) is 14.1. The Kier molecular flexibility index (Phi) is 5.51. The smallest absolute Gasteiger partial charge is 0.257 e. The van der Waals surface area contributed by atoms with Crippen molar-refractivity contribution in [3.05, 3.63) is 69.7 Å². The second-order valence-electron chi connectivity index (χ2n) is 7.83. The highest BCUT2D eigenvalue weighted by Crippen LogP contribution is 2.36. The molecule has 0 spiro atoms. The number of hydrazone groups is 1. The molecule has 0 unspecified atom stereocenters. The molecule has 1 atom stereocenters. The van der Waals surface area contributed by atoms with E-state index >= 15 is 0 Å². The third-order valence-corrected chi connectivity index (χ3v) is 6.03. The first-order valence-electron chi connectivity index (χ1n) is 9.97. The number of likely N-dealkylation sites (tertiary alicyclic amines) is 1. The van der Waals surface area contributed by atoms with Gasteiger partial charge in [-0.2, -0.15) is 5.10 Å². The molecule has 1 fully saturated rings. The van der Waals surface area contributed by atoms with Crippen LogP contribution in [0.5, 0.6) is 0 Å². The number of nitrogens with zero attached hydrogens (tertiary/aromatic N) is 3. The van der Waals surface area contributed by atoms with Gasteiger partial charge in [-0.15, -0.1) is 0 Å². The molecule has 1 saturated heterocycles. The van der Waals surface area contributed by atoms with E-state index in [4.69, 9.17) is 16.7 Å². The minimum Gasteiger partial charge on any atom is -0.294 e. The molecular formula is C23H26ClN3O. The number of halogens is 1. The van der Waals surface area contributed by atoms with Gasteiger partial charge >= 0.3 is 0 Å². The van der Waals surface area contributed by atoms with Crippen LogP contribution in [0.15, 0.2) is 47.6 Å². The Bertz CT molecular complexity index is 918. The summed E-state index contributed by atoms with van der Waals surface area (Å²) in [6.07, 6.45) is 3.02. The number of hydrogen-bond acceptors (Lipinski definition) is 3. The molecule has 0 aromatic heterocycles. The number of hydrogen-bond donors (Lipinski definition) is 0. The number of aryl methyl sites for hydroxylation is 2. The molecule has 0 N–H and O–H groups in total. The molecule has 28 heavy (non-hydrogen) atoms. The van der Waals surface area contributed by atoms with Crippen LogP contribution in [0.3, 0.4) is 0 Å². The van der Waals surface area contributed by atoms with Gasteiger partial charge in [-0.25, -0.2) is 5.01 Å². The van der Waals surface area contributed by atoms with E-state index in [0.29, 0.717) is 18.0 Å². The normalized spacial score (nSPS) is 19.9. The fourth-order valence-corrected chi connectivity index (χ4v) is 4.41. The summed E-state index contributed by atoms with van der Waals surface area (Å²) in [4.78, 5) is 15.4. The lowest BCUT2D eigenvalue weighted by Gasteiger charge is -2.25. The molecule has 4 nitrogen and oxygen atoms in total. The first-order chi connectivity index (χ1) is 13.5. The van der Waals surface area contributed by atoms with E-state index in [0.717, 1.165) is 24.4 Å². The van der Waals surface area contributed by atoms with Gasteiger partial charge in [0.15, 0.2) is 0 Å². The molecule has 0 aliphatic carbocycles. The summed E-state index contributed by atoms with van der Waals surface area (Å²) in [5.74, 6) is 0.0647. The van der Waals surface area contributed by atoms with Crippen molar-refractivity contribution in [2.24, 2.45) is 5.10 Å². The van der Waals surface area contributed by atoms with Crippen LogP contribution in [-0.2, 0) is 4.79 Å². The van der Waals surface area contributed by atoms with Gasteiger partial charge in [-0.3, -0.25) is 9.69 Å². The summed E-state index contributed by atoms with van der Waals surface area (Å²) >= 11 is 6.43. The highest BCUT2D eigenvalue weighted by atomic mass is 35.5. The van der Waals surface area contributed by atoms with Crippen LogP contribution in [0.4, 0.5) is 0 Å². The van der Waals surface area contributed by atoms with Crippen LogP contribution in [0, 0.1) is 13.8 Å². The maximum absolute atomic E-state index is 13.2. The van der Waals surface area contributed by atoms with Crippen molar-refractivity contribution in [1.29, 1.82) is 0 Å². The number of rotatable bonds is 4. The van der Waals surface area contributed by atoms with Gasteiger partial charge in [0.1, 0.15) is 0 Å². The molecular weight excluding hydrogens is 370 g/mol. The molecule has 2 aliphatic heterocycles. The van der Waals surface area contributed by atoms with Crippen LogP contribution < -0.4 is 0 Å². The van der Waals surface area contributed by atoms with E-state index < -0.39 is 0 Å². The van der Waals surface area contributed by atoms with Gasteiger partial charge < -0.3 is 0 Å². The predicted molar refractivity (Wildman–Crippen MR) is 114 cm³/mol. The Labute approximate surface area is 171 Å². The molecule has 0 bridgehead atoms. The second kappa shape index (κ2) is 8.06. The first kappa shape index (κ1) is 19.2. The summed E-state index contributed by atoms with van der Waals surface area (Å²) in [6.45, 7) is 6.61. The van der Waals surface area contributed by atoms with Crippen molar-refractivity contribution in [2.75, 3.05) is 19.6 Å². The van der Waals surface area contributed by atoms with Crippen molar-refractivity contribution in [1.82, 2.24) is 9.91 Å². The molecule has 1 amide bonds. The summed E-state index contributed by atoms with van der Waals surface area (Å²) in [5, 5.41) is 7.16. The van der Waals surface area contributed by atoms with Crippen molar-refractivity contribution in [3.63, 3.8) is 0 Å². The lowest BCUT2D eigenvalue weighted by molar-refractivity contribution is -0.134. The van der Waals surface area contributed by atoms with Gasteiger partial charge in [0.05, 0.1) is 18.3 Å². The molecule has 2 aliphatic rings. The number of amides is 1. The quantitative estimate of drug-likeness (QED) is 0.750. The van der Waals surface area contributed by atoms with Gasteiger partial charge in [0, 0.05) is 17.0 Å². The Morgan fingerprint density at radius 1 is 1.14 bits per heavy atom. The fourth-order valence-electron chi connectivity index (χ4n) is 4.16. The molecule has 2 aromatic rings. The van der Waals surface area contributed by atoms with Crippen molar-refractivity contribution >= 4 is 23.2 Å². The van der Waals surface area contributed by atoms with Crippen LogP contribution >= 0.6 is 11.6 Å². The van der Waals surface area contributed by atoms with Gasteiger partial charge in [0.25, 0.3) is 5.91 Å². The van der Waals surface area contributed by atoms with Crippen molar-refractivity contribution in [2.45, 2.75) is 39.2 Å². The second-order valence-corrected chi connectivity index (χ2v) is 8.24. The van der Waals surface area contributed by atoms with E-state index in [1.807, 2.05) is 24.3 Å².